The second kappa shape index (κ2) is 9.08. The van der Waals surface area contributed by atoms with Crippen molar-refractivity contribution >= 4 is 34.1 Å². The maximum atomic E-state index is 11.0. The lowest BCUT2D eigenvalue weighted by atomic mass is 10.1. The smallest absolute Gasteiger partial charge is 0.175 e. The number of aromatic nitrogens is 1. The molecule has 24 heavy (non-hydrogen) atoms. The molecule has 0 fully saturated rings. The summed E-state index contributed by atoms with van der Waals surface area (Å²) in [4.78, 5) is 24.7. The van der Waals surface area contributed by atoms with Gasteiger partial charge in [-0.15, -0.1) is 0 Å². The second-order valence-corrected chi connectivity index (χ2v) is 5.81. The SMILES string of the molecule is C=C(CCC(=C)C(C)=O)OC.CC(=O)c1cc2cc(Cl)ccc2[nH]1. The molecule has 1 heterocycles. The van der Waals surface area contributed by atoms with Gasteiger partial charge >= 0.3 is 0 Å². The minimum Gasteiger partial charge on any atom is -0.502 e. The maximum absolute atomic E-state index is 11.0. The Hall–Kier alpha value is -2.33. The number of allylic oxidation sites excluding steroid dienone is 2. The zero-order valence-electron chi connectivity index (χ0n) is 14.2. The molecule has 5 heteroatoms. The largest absolute Gasteiger partial charge is 0.502 e. The fourth-order valence-electron chi connectivity index (χ4n) is 1.86. The first-order valence-corrected chi connectivity index (χ1v) is 7.82. The topological polar surface area (TPSA) is 59.2 Å². The number of ketones is 2. The van der Waals surface area contributed by atoms with Crippen LogP contribution in [0.5, 0.6) is 0 Å². The number of benzene rings is 1. The minimum absolute atomic E-state index is 0.0346. The van der Waals surface area contributed by atoms with Crippen molar-refractivity contribution in [3.05, 3.63) is 59.5 Å². The van der Waals surface area contributed by atoms with E-state index in [1.807, 2.05) is 18.2 Å². The Kier molecular flexibility index (Phi) is 7.46. The van der Waals surface area contributed by atoms with Gasteiger partial charge in [-0.3, -0.25) is 9.59 Å². The normalized spacial score (nSPS) is 9.83. The van der Waals surface area contributed by atoms with Gasteiger partial charge in [0.25, 0.3) is 0 Å². The van der Waals surface area contributed by atoms with Gasteiger partial charge in [0.1, 0.15) is 0 Å². The Morgan fingerprint density at radius 3 is 2.38 bits per heavy atom. The van der Waals surface area contributed by atoms with Gasteiger partial charge in [-0.25, -0.2) is 0 Å². The van der Waals surface area contributed by atoms with E-state index in [1.54, 1.807) is 13.2 Å². The predicted octanol–water partition coefficient (Wildman–Crippen LogP) is 5.10. The van der Waals surface area contributed by atoms with Gasteiger partial charge < -0.3 is 9.72 Å². The number of carbonyl (C=O) groups is 2. The maximum Gasteiger partial charge on any atom is 0.175 e. The molecule has 0 amide bonds. The minimum atomic E-state index is 0.0346. The number of hydrogen-bond acceptors (Lipinski definition) is 3. The van der Waals surface area contributed by atoms with Crippen LogP contribution in [0.25, 0.3) is 10.9 Å². The van der Waals surface area contributed by atoms with Gasteiger partial charge in [0, 0.05) is 29.3 Å². The Labute approximate surface area is 147 Å². The fraction of sp³-hybridized carbons (Fsp3) is 0.263. The van der Waals surface area contributed by atoms with Crippen molar-refractivity contribution in [2.75, 3.05) is 7.11 Å². The van der Waals surface area contributed by atoms with Crippen molar-refractivity contribution < 1.29 is 14.3 Å². The van der Waals surface area contributed by atoms with Crippen LogP contribution < -0.4 is 0 Å². The van der Waals surface area contributed by atoms with E-state index in [0.29, 0.717) is 34.9 Å². The standard InChI is InChI=1S/C10H8ClNO.C9H14O2/c1-6(13)10-5-7-4-8(11)2-3-9(7)12-10;1-7(9(3)10)5-6-8(2)11-4/h2-5,12H,1H3;1-2,5-6H2,3-4H3. The van der Waals surface area contributed by atoms with Gasteiger partial charge in [-0.2, -0.15) is 0 Å². The zero-order chi connectivity index (χ0) is 18.3. The Morgan fingerprint density at radius 1 is 1.17 bits per heavy atom. The summed E-state index contributed by atoms with van der Waals surface area (Å²) in [5, 5.41) is 1.65. The van der Waals surface area contributed by atoms with Crippen LogP contribution in [0.15, 0.2) is 48.8 Å². The van der Waals surface area contributed by atoms with E-state index < -0.39 is 0 Å². The highest BCUT2D eigenvalue weighted by molar-refractivity contribution is 6.31. The second-order valence-electron chi connectivity index (χ2n) is 5.37. The molecule has 0 unspecified atom stereocenters. The summed E-state index contributed by atoms with van der Waals surface area (Å²) in [5.41, 5.74) is 2.19. The summed E-state index contributed by atoms with van der Waals surface area (Å²) in [6.45, 7) is 10.3. The average molecular weight is 348 g/mol. The van der Waals surface area contributed by atoms with Crippen LogP contribution in [0.1, 0.15) is 37.2 Å². The molecule has 0 aliphatic rings. The first kappa shape index (κ1) is 19.7. The van der Waals surface area contributed by atoms with Gasteiger partial charge in [0.05, 0.1) is 18.6 Å². The third kappa shape index (κ3) is 6.05. The molecule has 0 radical (unpaired) electrons. The van der Waals surface area contributed by atoms with Gasteiger partial charge in [0.2, 0.25) is 0 Å². The molecule has 4 nitrogen and oxygen atoms in total. The highest BCUT2D eigenvalue weighted by Crippen LogP contribution is 2.20. The Bertz CT molecular complexity index is 774. The van der Waals surface area contributed by atoms with Crippen LogP contribution in [0.3, 0.4) is 0 Å². The molecule has 0 atom stereocenters. The summed E-state index contributed by atoms with van der Waals surface area (Å²) in [6, 6.07) is 7.30. The average Bonchev–Trinajstić information content (AvgIpc) is 2.96. The molecule has 1 aromatic heterocycles. The molecular weight excluding hydrogens is 326 g/mol. The van der Waals surface area contributed by atoms with Gasteiger partial charge in [-0.1, -0.05) is 24.8 Å². The number of carbonyl (C=O) groups excluding carboxylic acids is 2. The van der Waals surface area contributed by atoms with Gasteiger partial charge in [-0.05, 0) is 43.2 Å². The third-order valence-corrected chi connectivity index (χ3v) is 3.69. The van der Waals surface area contributed by atoms with Crippen molar-refractivity contribution in [3.63, 3.8) is 0 Å². The first-order valence-electron chi connectivity index (χ1n) is 7.44. The Morgan fingerprint density at radius 2 is 1.83 bits per heavy atom. The summed E-state index contributed by atoms with van der Waals surface area (Å²) in [6.07, 6.45) is 1.32. The van der Waals surface area contributed by atoms with Crippen LogP contribution in [0, 0.1) is 0 Å². The van der Waals surface area contributed by atoms with E-state index in [0.717, 1.165) is 10.9 Å². The lowest BCUT2D eigenvalue weighted by molar-refractivity contribution is -0.113. The molecule has 2 aromatic rings. The molecule has 1 aromatic carbocycles. The van der Waals surface area contributed by atoms with Crippen molar-refractivity contribution in [2.24, 2.45) is 0 Å². The number of rotatable bonds is 6. The van der Waals surface area contributed by atoms with Crippen LogP contribution >= 0.6 is 11.6 Å². The van der Waals surface area contributed by atoms with E-state index >= 15 is 0 Å². The third-order valence-electron chi connectivity index (χ3n) is 3.45. The molecule has 128 valence electrons. The van der Waals surface area contributed by atoms with E-state index in [2.05, 4.69) is 18.1 Å². The van der Waals surface area contributed by atoms with E-state index in [-0.39, 0.29) is 11.6 Å². The quantitative estimate of drug-likeness (QED) is 0.449. The van der Waals surface area contributed by atoms with E-state index in [9.17, 15) is 9.59 Å². The monoisotopic (exact) mass is 347 g/mol. The number of Topliss-reactive ketones (excluding diaryl/α,β-unsaturated/α-hetero) is 2. The molecule has 0 saturated carbocycles. The summed E-state index contributed by atoms with van der Waals surface area (Å²) >= 11 is 5.81. The number of halogens is 1. The molecule has 0 spiro atoms. The van der Waals surface area contributed by atoms with Crippen LogP contribution in [-0.2, 0) is 9.53 Å². The molecule has 2 rings (SSSR count). The van der Waals surface area contributed by atoms with Crippen molar-refractivity contribution in [3.8, 4) is 0 Å². The highest BCUT2D eigenvalue weighted by Gasteiger charge is 2.04. The zero-order valence-corrected chi connectivity index (χ0v) is 15.0. The Balaban J connectivity index is 0.000000245. The van der Waals surface area contributed by atoms with E-state index in [1.165, 1.54) is 13.8 Å². The number of hydrogen-bond donors (Lipinski definition) is 1. The van der Waals surface area contributed by atoms with Crippen molar-refractivity contribution in [1.29, 1.82) is 0 Å². The summed E-state index contributed by atoms with van der Waals surface area (Å²) in [7, 11) is 1.57. The van der Waals surface area contributed by atoms with Crippen LogP contribution in [0.2, 0.25) is 5.02 Å². The molecular formula is C19H22ClNO3. The number of fused-ring (bicyclic) bond motifs is 1. The molecule has 1 N–H and O–H groups in total. The van der Waals surface area contributed by atoms with Crippen LogP contribution in [0.4, 0.5) is 0 Å². The fourth-order valence-corrected chi connectivity index (χ4v) is 2.04. The number of aromatic amines is 1. The van der Waals surface area contributed by atoms with Crippen molar-refractivity contribution in [2.45, 2.75) is 26.7 Å². The van der Waals surface area contributed by atoms with Crippen LogP contribution in [-0.4, -0.2) is 23.7 Å². The number of ether oxygens (including phenoxy) is 1. The number of methoxy groups -OCH3 is 1. The van der Waals surface area contributed by atoms with Crippen molar-refractivity contribution in [1.82, 2.24) is 4.98 Å². The first-order chi connectivity index (χ1) is 11.2. The predicted molar refractivity (Wildman–Crippen MR) is 98.5 cm³/mol. The summed E-state index contributed by atoms with van der Waals surface area (Å²) in [5.74, 6) is 0.758. The van der Waals surface area contributed by atoms with E-state index in [4.69, 9.17) is 16.3 Å². The lowest BCUT2D eigenvalue weighted by Crippen LogP contribution is -1.95. The molecule has 0 aliphatic carbocycles. The van der Waals surface area contributed by atoms with Gasteiger partial charge in [0.15, 0.2) is 11.6 Å². The molecule has 0 bridgehead atoms. The molecule has 0 aliphatic heterocycles. The molecule has 0 saturated heterocycles. The number of H-pyrrole nitrogens is 1. The number of nitrogens with one attached hydrogen (secondary N) is 1. The highest BCUT2D eigenvalue weighted by atomic mass is 35.5. The lowest BCUT2D eigenvalue weighted by Gasteiger charge is -2.03. The summed E-state index contributed by atoms with van der Waals surface area (Å²) < 4.78 is 4.83.